The predicted molar refractivity (Wildman–Crippen MR) is 63.5 cm³/mol. The molecule has 0 saturated heterocycles. The van der Waals surface area contributed by atoms with Crippen LogP contribution in [0.4, 0.5) is 0 Å². The molecule has 1 aliphatic carbocycles. The minimum Gasteiger partial charge on any atom is -0.496 e. The predicted octanol–water partition coefficient (Wildman–Crippen LogP) is 1.70. The molecule has 0 radical (unpaired) electrons. The maximum absolute atomic E-state index is 9.70. The van der Waals surface area contributed by atoms with Gasteiger partial charge >= 0.3 is 0 Å². The summed E-state index contributed by atoms with van der Waals surface area (Å²) < 4.78 is 5.28. The van der Waals surface area contributed by atoms with E-state index in [1.807, 2.05) is 24.3 Å². The average Bonchev–Trinajstić information content (AvgIpc) is 2.72. The summed E-state index contributed by atoms with van der Waals surface area (Å²) in [4.78, 5) is 0. The van der Waals surface area contributed by atoms with E-state index < -0.39 is 0 Å². The van der Waals surface area contributed by atoms with Crippen LogP contribution in [-0.4, -0.2) is 24.4 Å². The van der Waals surface area contributed by atoms with E-state index in [0.29, 0.717) is 0 Å². The molecular weight excluding hydrogens is 202 g/mol. The molecule has 0 aromatic heterocycles. The Morgan fingerprint density at radius 3 is 2.88 bits per heavy atom. The number of hydrogen-bond donors (Lipinski definition) is 2. The zero-order valence-electron chi connectivity index (χ0n) is 9.65. The van der Waals surface area contributed by atoms with E-state index >= 15 is 0 Å². The summed E-state index contributed by atoms with van der Waals surface area (Å²) in [5.74, 6) is 0.905. The number of aliphatic hydroxyl groups excluding tert-OH is 1. The quantitative estimate of drug-likeness (QED) is 0.813. The Bertz CT molecular complexity index is 340. The third-order valence-corrected chi connectivity index (χ3v) is 3.23. The molecule has 3 heteroatoms. The summed E-state index contributed by atoms with van der Waals surface area (Å²) in [5, 5.41) is 13.1. The Kier molecular flexibility index (Phi) is 3.80. The maximum atomic E-state index is 9.70. The summed E-state index contributed by atoms with van der Waals surface area (Å²) in [7, 11) is 1.68. The molecule has 1 aromatic carbocycles. The third-order valence-electron chi connectivity index (χ3n) is 3.23. The van der Waals surface area contributed by atoms with Crippen molar-refractivity contribution >= 4 is 0 Å². The second kappa shape index (κ2) is 5.32. The lowest BCUT2D eigenvalue weighted by molar-refractivity contribution is 0.148. The minimum absolute atomic E-state index is 0.185. The average molecular weight is 221 g/mol. The van der Waals surface area contributed by atoms with E-state index in [1.54, 1.807) is 7.11 Å². The number of aliphatic hydroxyl groups is 1. The molecule has 1 saturated carbocycles. The molecule has 2 rings (SSSR count). The zero-order chi connectivity index (χ0) is 11.4. The highest BCUT2D eigenvalue weighted by Crippen LogP contribution is 2.21. The van der Waals surface area contributed by atoms with Crippen molar-refractivity contribution in [2.75, 3.05) is 7.11 Å². The lowest BCUT2D eigenvalue weighted by Gasteiger charge is -2.17. The van der Waals surface area contributed by atoms with Gasteiger partial charge in [0.05, 0.1) is 13.2 Å². The first-order valence-electron chi connectivity index (χ1n) is 5.84. The Hall–Kier alpha value is -1.06. The molecule has 0 heterocycles. The van der Waals surface area contributed by atoms with Crippen LogP contribution in [0, 0.1) is 0 Å². The van der Waals surface area contributed by atoms with Crippen LogP contribution in [0.25, 0.3) is 0 Å². The maximum Gasteiger partial charge on any atom is 0.123 e. The molecule has 88 valence electrons. The van der Waals surface area contributed by atoms with Gasteiger partial charge in [0.25, 0.3) is 0 Å². The number of methoxy groups -OCH3 is 1. The van der Waals surface area contributed by atoms with Crippen molar-refractivity contribution in [3.05, 3.63) is 29.8 Å². The van der Waals surface area contributed by atoms with Crippen LogP contribution in [-0.2, 0) is 6.54 Å². The number of para-hydroxylation sites is 1. The van der Waals surface area contributed by atoms with Gasteiger partial charge in [0, 0.05) is 18.2 Å². The number of benzene rings is 1. The summed E-state index contributed by atoms with van der Waals surface area (Å²) in [6.45, 7) is 0.756. The van der Waals surface area contributed by atoms with Crippen molar-refractivity contribution in [3.8, 4) is 5.75 Å². The molecule has 0 bridgehead atoms. The Morgan fingerprint density at radius 2 is 2.19 bits per heavy atom. The van der Waals surface area contributed by atoms with Gasteiger partial charge in [-0.15, -0.1) is 0 Å². The highest BCUT2D eigenvalue weighted by atomic mass is 16.5. The highest BCUT2D eigenvalue weighted by Gasteiger charge is 2.24. The van der Waals surface area contributed by atoms with Gasteiger partial charge < -0.3 is 15.2 Å². The highest BCUT2D eigenvalue weighted by molar-refractivity contribution is 5.33. The second-order valence-corrected chi connectivity index (χ2v) is 4.30. The van der Waals surface area contributed by atoms with E-state index in [2.05, 4.69) is 5.32 Å². The topological polar surface area (TPSA) is 41.5 Å². The van der Waals surface area contributed by atoms with Crippen LogP contribution in [0.5, 0.6) is 5.75 Å². The van der Waals surface area contributed by atoms with Crippen LogP contribution >= 0.6 is 0 Å². The van der Waals surface area contributed by atoms with E-state index in [-0.39, 0.29) is 12.1 Å². The van der Waals surface area contributed by atoms with Crippen molar-refractivity contribution in [1.29, 1.82) is 0 Å². The van der Waals surface area contributed by atoms with Gasteiger partial charge in [-0.25, -0.2) is 0 Å². The molecule has 2 N–H and O–H groups in total. The smallest absolute Gasteiger partial charge is 0.123 e. The molecule has 1 aliphatic rings. The Balaban J connectivity index is 1.93. The molecule has 0 amide bonds. The first-order chi connectivity index (χ1) is 7.81. The van der Waals surface area contributed by atoms with Crippen molar-refractivity contribution in [2.45, 2.75) is 38.0 Å². The number of nitrogens with one attached hydrogen (secondary N) is 1. The van der Waals surface area contributed by atoms with E-state index in [1.165, 1.54) is 0 Å². The number of ether oxygens (including phenoxy) is 1. The van der Waals surface area contributed by atoms with Crippen LogP contribution < -0.4 is 10.1 Å². The molecule has 1 aromatic rings. The molecule has 0 unspecified atom stereocenters. The van der Waals surface area contributed by atoms with Gasteiger partial charge in [0.1, 0.15) is 5.75 Å². The fraction of sp³-hybridized carbons (Fsp3) is 0.538. The van der Waals surface area contributed by atoms with Gasteiger partial charge in [0.15, 0.2) is 0 Å². The summed E-state index contributed by atoms with van der Waals surface area (Å²) in [5.41, 5.74) is 1.14. The van der Waals surface area contributed by atoms with Crippen LogP contribution in [0.3, 0.4) is 0 Å². The van der Waals surface area contributed by atoms with Crippen molar-refractivity contribution in [3.63, 3.8) is 0 Å². The first-order valence-corrected chi connectivity index (χ1v) is 5.84. The molecule has 3 nitrogen and oxygen atoms in total. The Labute approximate surface area is 96.4 Å². The second-order valence-electron chi connectivity index (χ2n) is 4.30. The van der Waals surface area contributed by atoms with Crippen molar-refractivity contribution in [1.82, 2.24) is 5.32 Å². The summed E-state index contributed by atoms with van der Waals surface area (Å²) >= 11 is 0. The fourth-order valence-corrected chi connectivity index (χ4v) is 2.27. The van der Waals surface area contributed by atoms with Crippen molar-refractivity contribution in [2.24, 2.45) is 0 Å². The van der Waals surface area contributed by atoms with Gasteiger partial charge in [-0.05, 0) is 25.3 Å². The third kappa shape index (κ3) is 2.54. The van der Waals surface area contributed by atoms with E-state index in [4.69, 9.17) is 4.74 Å². The minimum atomic E-state index is -0.185. The van der Waals surface area contributed by atoms with Gasteiger partial charge in [-0.3, -0.25) is 0 Å². The largest absolute Gasteiger partial charge is 0.496 e. The summed E-state index contributed by atoms with van der Waals surface area (Å²) in [6.07, 6.45) is 2.92. The van der Waals surface area contributed by atoms with Gasteiger partial charge in [-0.1, -0.05) is 18.2 Å². The fourth-order valence-electron chi connectivity index (χ4n) is 2.27. The van der Waals surface area contributed by atoms with Crippen molar-refractivity contribution < 1.29 is 9.84 Å². The molecule has 1 fully saturated rings. The first kappa shape index (κ1) is 11.4. The van der Waals surface area contributed by atoms with Gasteiger partial charge in [-0.2, -0.15) is 0 Å². The molecule has 2 atom stereocenters. The SMILES string of the molecule is COc1ccccc1CN[C@@H]1CCC[C@H]1O. The number of hydrogen-bond acceptors (Lipinski definition) is 3. The molecule has 0 aliphatic heterocycles. The monoisotopic (exact) mass is 221 g/mol. The van der Waals surface area contributed by atoms with E-state index in [9.17, 15) is 5.11 Å². The zero-order valence-corrected chi connectivity index (χ0v) is 9.65. The number of rotatable bonds is 4. The lowest BCUT2D eigenvalue weighted by Crippen LogP contribution is -2.35. The molecule has 16 heavy (non-hydrogen) atoms. The van der Waals surface area contributed by atoms with Crippen LogP contribution in [0.2, 0.25) is 0 Å². The Morgan fingerprint density at radius 1 is 1.38 bits per heavy atom. The van der Waals surface area contributed by atoms with E-state index in [0.717, 1.165) is 37.1 Å². The van der Waals surface area contributed by atoms with Crippen LogP contribution in [0.1, 0.15) is 24.8 Å². The van der Waals surface area contributed by atoms with Gasteiger partial charge in [0.2, 0.25) is 0 Å². The normalized spacial score (nSPS) is 24.6. The lowest BCUT2D eigenvalue weighted by atomic mass is 10.1. The van der Waals surface area contributed by atoms with Crippen LogP contribution in [0.15, 0.2) is 24.3 Å². The summed E-state index contributed by atoms with van der Waals surface area (Å²) in [6, 6.07) is 8.22. The standard InChI is InChI=1S/C13H19NO2/c1-16-13-8-3-2-5-10(13)9-14-11-6-4-7-12(11)15/h2-3,5,8,11-12,14-15H,4,6-7,9H2,1H3/t11-,12-/m1/s1. The molecular formula is C13H19NO2. The molecule has 0 spiro atoms.